The van der Waals surface area contributed by atoms with E-state index in [0.29, 0.717) is 24.3 Å². The van der Waals surface area contributed by atoms with E-state index in [0.717, 1.165) is 36.4 Å². The van der Waals surface area contributed by atoms with Gasteiger partial charge in [0.1, 0.15) is 5.75 Å². The van der Waals surface area contributed by atoms with Gasteiger partial charge in [-0.25, -0.2) is 0 Å². The largest absolute Gasteiger partial charge is 0.497 e. The first-order chi connectivity index (χ1) is 13.5. The summed E-state index contributed by atoms with van der Waals surface area (Å²) in [5.74, 6) is 0.707. The van der Waals surface area contributed by atoms with Gasteiger partial charge in [0, 0.05) is 50.7 Å². The van der Waals surface area contributed by atoms with Gasteiger partial charge in [-0.1, -0.05) is 0 Å². The zero-order valence-corrected chi connectivity index (χ0v) is 16.9. The van der Waals surface area contributed by atoms with Crippen molar-refractivity contribution in [1.29, 1.82) is 0 Å². The fourth-order valence-corrected chi connectivity index (χ4v) is 3.54. The minimum Gasteiger partial charge on any atom is -0.497 e. The van der Waals surface area contributed by atoms with Crippen LogP contribution in [-0.4, -0.2) is 51.3 Å². The van der Waals surface area contributed by atoms with Crippen LogP contribution < -0.4 is 15.4 Å². The minimum atomic E-state index is -0.0229. The fourth-order valence-electron chi connectivity index (χ4n) is 3.54. The third-order valence-corrected chi connectivity index (χ3v) is 5.02. The molecule has 0 aliphatic carbocycles. The lowest BCUT2D eigenvalue weighted by Crippen LogP contribution is -2.37. The van der Waals surface area contributed by atoms with Crippen LogP contribution in [0.1, 0.15) is 28.8 Å². The number of anilines is 2. The molecule has 28 heavy (non-hydrogen) atoms. The van der Waals surface area contributed by atoms with E-state index in [1.54, 1.807) is 19.2 Å². The van der Waals surface area contributed by atoms with Gasteiger partial charge in [-0.3, -0.25) is 4.79 Å². The summed E-state index contributed by atoms with van der Waals surface area (Å²) in [6, 6.07) is 13.0. The van der Waals surface area contributed by atoms with Crippen LogP contribution in [0.2, 0.25) is 0 Å². The molecule has 0 aromatic heterocycles. The number of ether oxygens (including phenoxy) is 2. The van der Waals surface area contributed by atoms with Crippen molar-refractivity contribution in [3.05, 3.63) is 53.6 Å². The highest BCUT2D eigenvalue weighted by atomic mass is 16.5. The number of carbonyl (C=O) groups excluding carboxylic acids is 1. The number of hydrogen-bond acceptors (Lipinski definition) is 5. The molecule has 0 saturated carbocycles. The monoisotopic (exact) mass is 383 g/mol. The van der Waals surface area contributed by atoms with E-state index in [1.165, 1.54) is 0 Å². The lowest BCUT2D eigenvalue weighted by Gasteiger charge is -2.28. The van der Waals surface area contributed by atoms with Crippen molar-refractivity contribution in [2.75, 3.05) is 45.0 Å². The number of benzene rings is 2. The SMILES string of the molecule is COc1ccc(C(=O)N(Cc2cc(N)ccc2N(C)C)C[C@H]2CCCO2)cc1. The smallest absolute Gasteiger partial charge is 0.254 e. The quantitative estimate of drug-likeness (QED) is 0.744. The van der Waals surface area contributed by atoms with E-state index in [4.69, 9.17) is 15.2 Å². The topological polar surface area (TPSA) is 68.0 Å². The zero-order chi connectivity index (χ0) is 20.1. The van der Waals surface area contributed by atoms with Crippen molar-refractivity contribution >= 4 is 17.3 Å². The molecule has 1 fully saturated rings. The van der Waals surface area contributed by atoms with Crippen molar-refractivity contribution in [2.45, 2.75) is 25.5 Å². The van der Waals surface area contributed by atoms with Crippen molar-refractivity contribution in [2.24, 2.45) is 0 Å². The summed E-state index contributed by atoms with van der Waals surface area (Å²) >= 11 is 0. The van der Waals surface area contributed by atoms with Gasteiger partial charge in [0.2, 0.25) is 0 Å². The molecule has 0 radical (unpaired) electrons. The summed E-state index contributed by atoms with van der Waals surface area (Å²) in [6.45, 7) is 1.80. The molecule has 1 amide bonds. The highest BCUT2D eigenvalue weighted by Gasteiger charge is 2.24. The first-order valence-electron chi connectivity index (χ1n) is 9.58. The Morgan fingerprint density at radius 3 is 2.57 bits per heavy atom. The lowest BCUT2D eigenvalue weighted by molar-refractivity contribution is 0.0507. The summed E-state index contributed by atoms with van der Waals surface area (Å²) in [4.78, 5) is 17.2. The van der Waals surface area contributed by atoms with E-state index < -0.39 is 0 Å². The van der Waals surface area contributed by atoms with Crippen molar-refractivity contribution < 1.29 is 14.3 Å². The molecule has 1 saturated heterocycles. The molecule has 2 aromatic carbocycles. The molecule has 0 spiro atoms. The first kappa shape index (κ1) is 20.0. The fraction of sp³-hybridized carbons (Fsp3) is 0.409. The summed E-state index contributed by atoms with van der Waals surface area (Å²) in [5, 5.41) is 0. The van der Waals surface area contributed by atoms with Crippen molar-refractivity contribution in [3.8, 4) is 5.75 Å². The molecule has 0 unspecified atom stereocenters. The van der Waals surface area contributed by atoms with Gasteiger partial charge in [0.05, 0.1) is 13.2 Å². The predicted octanol–water partition coefficient (Wildman–Crippen LogP) is 3.16. The molecule has 1 atom stereocenters. The normalized spacial score (nSPS) is 16.0. The van der Waals surface area contributed by atoms with E-state index in [9.17, 15) is 4.79 Å². The molecule has 150 valence electrons. The molecule has 1 aliphatic heterocycles. The predicted molar refractivity (Wildman–Crippen MR) is 112 cm³/mol. The van der Waals surface area contributed by atoms with Gasteiger partial charge in [0.25, 0.3) is 5.91 Å². The Labute approximate surface area is 166 Å². The van der Waals surface area contributed by atoms with Gasteiger partial charge < -0.3 is 25.0 Å². The molecule has 3 rings (SSSR count). The van der Waals surface area contributed by atoms with Crippen LogP contribution in [0.25, 0.3) is 0 Å². The maximum Gasteiger partial charge on any atom is 0.254 e. The molecule has 2 aromatic rings. The van der Waals surface area contributed by atoms with Crippen LogP contribution in [-0.2, 0) is 11.3 Å². The lowest BCUT2D eigenvalue weighted by atomic mass is 10.1. The summed E-state index contributed by atoms with van der Waals surface area (Å²) in [7, 11) is 5.60. The molecule has 1 aliphatic rings. The zero-order valence-electron chi connectivity index (χ0n) is 16.9. The molecular weight excluding hydrogens is 354 g/mol. The summed E-state index contributed by atoms with van der Waals surface area (Å²) < 4.78 is 11.0. The van der Waals surface area contributed by atoms with Crippen LogP contribution in [0.5, 0.6) is 5.75 Å². The molecule has 6 heteroatoms. The Kier molecular flexibility index (Phi) is 6.41. The van der Waals surface area contributed by atoms with Gasteiger partial charge in [-0.2, -0.15) is 0 Å². The number of nitrogen functional groups attached to an aromatic ring is 1. The Hall–Kier alpha value is -2.73. The summed E-state index contributed by atoms with van der Waals surface area (Å²) in [6.07, 6.45) is 2.09. The van der Waals surface area contributed by atoms with Crippen LogP contribution in [0.4, 0.5) is 11.4 Å². The first-order valence-corrected chi connectivity index (χ1v) is 9.58. The van der Waals surface area contributed by atoms with Crippen LogP contribution in [0.3, 0.4) is 0 Å². The van der Waals surface area contributed by atoms with Gasteiger partial charge in [-0.15, -0.1) is 0 Å². The molecule has 2 N–H and O–H groups in total. The highest BCUT2D eigenvalue weighted by molar-refractivity contribution is 5.94. The average molecular weight is 383 g/mol. The van der Waals surface area contributed by atoms with E-state index >= 15 is 0 Å². The second kappa shape index (κ2) is 8.97. The minimum absolute atomic E-state index is 0.0229. The number of carbonyl (C=O) groups is 1. The Balaban J connectivity index is 1.88. The standard InChI is InChI=1S/C22H29N3O3/c1-24(2)21-11-8-18(23)13-17(21)14-25(15-20-5-4-12-28-20)22(26)16-6-9-19(27-3)10-7-16/h6-11,13,20H,4-5,12,14-15,23H2,1-3H3/t20-/m1/s1. The number of hydrogen-bond donors (Lipinski definition) is 1. The average Bonchev–Trinajstić information content (AvgIpc) is 3.20. The number of nitrogens with two attached hydrogens (primary N) is 1. The van der Waals surface area contributed by atoms with E-state index in [-0.39, 0.29) is 12.0 Å². The van der Waals surface area contributed by atoms with Crippen LogP contribution in [0, 0.1) is 0 Å². The summed E-state index contributed by atoms with van der Waals surface area (Å²) in [5.41, 5.74) is 9.42. The third kappa shape index (κ3) is 4.75. The maximum atomic E-state index is 13.3. The van der Waals surface area contributed by atoms with E-state index in [2.05, 4.69) is 0 Å². The second-order valence-electron chi connectivity index (χ2n) is 7.33. The molecule has 0 bridgehead atoms. The Morgan fingerprint density at radius 1 is 1.21 bits per heavy atom. The molecular formula is C22H29N3O3. The third-order valence-electron chi connectivity index (χ3n) is 5.02. The number of rotatable bonds is 7. The number of nitrogens with zero attached hydrogens (tertiary/aromatic N) is 2. The van der Waals surface area contributed by atoms with Gasteiger partial charge in [-0.05, 0) is 60.9 Å². The van der Waals surface area contributed by atoms with Gasteiger partial charge >= 0.3 is 0 Å². The number of amides is 1. The molecule has 1 heterocycles. The maximum absolute atomic E-state index is 13.3. The number of methoxy groups -OCH3 is 1. The Bertz CT molecular complexity index is 799. The second-order valence-corrected chi connectivity index (χ2v) is 7.33. The van der Waals surface area contributed by atoms with E-state index in [1.807, 2.05) is 54.2 Å². The van der Waals surface area contributed by atoms with Crippen LogP contribution in [0.15, 0.2) is 42.5 Å². The van der Waals surface area contributed by atoms with Crippen molar-refractivity contribution in [3.63, 3.8) is 0 Å². The van der Waals surface area contributed by atoms with Crippen LogP contribution >= 0.6 is 0 Å². The highest BCUT2D eigenvalue weighted by Crippen LogP contribution is 2.25. The van der Waals surface area contributed by atoms with Crippen molar-refractivity contribution in [1.82, 2.24) is 4.90 Å². The molecule has 6 nitrogen and oxygen atoms in total. The Morgan fingerprint density at radius 2 is 1.96 bits per heavy atom. The van der Waals surface area contributed by atoms with Gasteiger partial charge in [0.15, 0.2) is 0 Å².